The number of aryl methyl sites for hydroxylation is 1. The topological polar surface area (TPSA) is 139 Å². The van der Waals surface area contributed by atoms with E-state index in [1.54, 1.807) is 63.5 Å². The van der Waals surface area contributed by atoms with E-state index in [-0.39, 0.29) is 17.4 Å². The van der Waals surface area contributed by atoms with Gasteiger partial charge in [0.15, 0.2) is 0 Å². The fourth-order valence-electron chi connectivity index (χ4n) is 5.21. The Morgan fingerprint density at radius 3 is 2.39 bits per heavy atom. The van der Waals surface area contributed by atoms with Crippen molar-refractivity contribution < 1.29 is 13.5 Å². The van der Waals surface area contributed by atoms with Crippen LogP contribution >= 0.6 is 0 Å². The highest BCUT2D eigenvalue weighted by Crippen LogP contribution is 2.34. The molecule has 0 aliphatic heterocycles. The quantitative estimate of drug-likeness (QED) is 0.219. The van der Waals surface area contributed by atoms with Crippen molar-refractivity contribution in [3.05, 3.63) is 91.1 Å². The first-order chi connectivity index (χ1) is 21.0. The van der Waals surface area contributed by atoms with Crippen LogP contribution in [0.3, 0.4) is 0 Å². The third kappa shape index (κ3) is 5.56. The second-order valence-electron chi connectivity index (χ2n) is 11.1. The van der Waals surface area contributed by atoms with E-state index in [1.165, 1.54) is 16.7 Å². The van der Waals surface area contributed by atoms with Crippen LogP contribution in [0.4, 0.5) is 17.5 Å². The van der Waals surface area contributed by atoms with Crippen molar-refractivity contribution in [2.45, 2.75) is 44.7 Å². The predicted octanol–water partition coefficient (Wildman–Crippen LogP) is 5.47. The molecule has 12 heteroatoms. The third-order valence-corrected chi connectivity index (χ3v) is 9.18. The van der Waals surface area contributed by atoms with Gasteiger partial charge in [0.2, 0.25) is 5.95 Å². The van der Waals surface area contributed by atoms with Crippen molar-refractivity contribution in [1.29, 1.82) is 0 Å². The molecular formula is C32H32N8O3S. The van der Waals surface area contributed by atoms with Gasteiger partial charge in [-0.2, -0.15) is 5.10 Å². The molecule has 6 rings (SSSR count). The van der Waals surface area contributed by atoms with E-state index in [0.717, 1.165) is 38.5 Å². The largest absolute Gasteiger partial charge is 0.389 e. The van der Waals surface area contributed by atoms with Crippen LogP contribution in [-0.2, 0) is 16.6 Å². The summed E-state index contributed by atoms with van der Waals surface area (Å²) < 4.78 is 29.6. The van der Waals surface area contributed by atoms with E-state index < -0.39 is 15.6 Å². The summed E-state index contributed by atoms with van der Waals surface area (Å²) in [6.45, 7) is 7.89. The lowest BCUT2D eigenvalue weighted by Gasteiger charge is -2.20. The SMILES string of the molecule is CCN(c1ncccn1)S(=O)(=O)c1ccc(Nc2cc3c(-c4ccc5c(cnn5CC(C)(C)O)c4C)nccc3cn2)cc1. The van der Waals surface area contributed by atoms with Crippen LogP contribution in [0.2, 0.25) is 0 Å². The van der Waals surface area contributed by atoms with E-state index in [0.29, 0.717) is 18.1 Å². The lowest BCUT2D eigenvalue weighted by molar-refractivity contribution is 0.0591. The standard InChI is InChI=1S/C32H32N8O3S/c1-5-40(31-34-14-6-15-35-31)44(42,43)24-9-7-23(8-10-24)38-29-17-26-22(18-36-29)13-16-33-30(26)25-11-12-28-27(21(25)2)19-37-39(28)20-32(3,4)41/h6-19,41H,5,20H2,1-4H3,(H,36,38). The molecule has 0 aliphatic rings. The summed E-state index contributed by atoms with van der Waals surface area (Å²) in [6, 6.07) is 16.0. The van der Waals surface area contributed by atoms with Gasteiger partial charge in [0.1, 0.15) is 5.82 Å². The number of pyridine rings is 2. The van der Waals surface area contributed by atoms with Gasteiger partial charge in [0.25, 0.3) is 10.0 Å². The van der Waals surface area contributed by atoms with Crippen molar-refractivity contribution in [2.24, 2.45) is 0 Å². The molecule has 44 heavy (non-hydrogen) atoms. The molecule has 0 atom stereocenters. The van der Waals surface area contributed by atoms with Gasteiger partial charge in [-0.25, -0.2) is 27.7 Å². The minimum absolute atomic E-state index is 0.124. The van der Waals surface area contributed by atoms with Gasteiger partial charge in [0.05, 0.1) is 34.4 Å². The summed E-state index contributed by atoms with van der Waals surface area (Å²) in [5, 5.41) is 21.0. The molecule has 0 saturated carbocycles. The molecule has 2 N–H and O–H groups in total. The molecule has 2 aromatic carbocycles. The van der Waals surface area contributed by atoms with Crippen LogP contribution in [0.5, 0.6) is 0 Å². The van der Waals surface area contributed by atoms with E-state index in [4.69, 9.17) is 4.98 Å². The summed E-state index contributed by atoms with van der Waals surface area (Å²) in [4.78, 5) is 17.7. The van der Waals surface area contributed by atoms with Gasteiger partial charge in [-0.15, -0.1) is 0 Å². The molecule has 0 unspecified atom stereocenters. The zero-order chi connectivity index (χ0) is 31.1. The number of rotatable bonds is 9. The number of nitrogens with zero attached hydrogens (tertiary/aromatic N) is 7. The van der Waals surface area contributed by atoms with Gasteiger partial charge in [-0.05, 0) is 81.8 Å². The summed E-state index contributed by atoms with van der Waals surface area (Å²) in [5.41, 5.74) is 3.56. The molecule has 0 spiro atoms. The summed E-state index contributed by atoms with van der Waals surface area (Å²) >= 11 is 0. The van der Waals surface area contributed by atoms with Crippen LogP contribution in [-0.4, -0.2) is 55.4 Å². The molecule has 0 saturated heterocycles. The highest BCUT2D eigenvalue weighted by atomic mass is 32.2. The number of hydrogen-bond acceptors (Lipinski definition) is 9. The average molecular weight is 609 g/mol. The highest BCUT2D eigenvalue weighted by molar-refractivity contribution is 7.92. The Bertz CT molecular complexity index is 2070. The first-order valence-electron chi connectivity index (χ1n) is 14.1. The molecule has 0 radical (unpaired) electrons. The number of benzene rings is 2. The van der Waals surface area contributed by atoms with E-state index >= 15 is 0 Å². The number of hydrogen-bond donors (Lipinski definition) is 2. The van der Waals surface area contributed by atoms with E-state index in [1.807, 2.05) is 42.1 Å². The molecule has 0 fully saturated rings. The maximum atomic E-state index is 13.3. The van der Waals surface area contributed by atoms with Gasteiger partial charge in [0, 0.05) is 58.7 Å². The van der Waals surface area contributed by atoms with E-state index in [2.05, 4.69) is 25.4 Å². The number of sulfonamides is 1. The Balaban J connectivity index is 1.30. The Morgan fingerprint density at radius 2 is 1.68 bits per heavy atom. The third-order valence-electron chi connectivity index (χ3n) is 7.31. The normalized spacial score (nSPS) is 12.1. The molecule has 0 aliphatic carbocycles. The zero-order valence-corrected chi connectivity index (χ0v) is 25.6. The highest BCUT2D eigenvalue weighted by Gasteiger charge is 2.25. The molecule has 4 heterocycles. The summed E-state index contributed by atoms with van der Waals surface area (Å²) in [7, 11) is -3.85. The van der Waals surface area contributed by atoms with Gasteiger partial charge in [-0.1, -0.05) is 6.07 Å². The first-order valence-corrected chi connectivity index (χ1v) is 15.6. The Kier molecular flexibility index (Phi) is 7.48. The molecule has 11 nitrogen and oxygen atoms in total. The second-order valence-corrected chi connectivity index (χ2v) is 13.0. The minimum Gasteiger partial charge on any atom is -0.389 e. The first kappa shape index (κ1) is 29.1. The molecule has 0 amide bonds. The maximum Gasteiger partial charge on any atom is 0.266 e. The van der Waals surface area contributed by atoms with Crippen LogP contribution in [0.15, 0.2) is 90.5 Å². The van der Waals surface area contributed by atoms with Crippen molar-refractivity contribution in [2.75, 3.05) is 16.2 Å². The molecule has 0 bridgehead atoms. The van der Waals surface area contributed by atoms with Gasteiger partial charge < -0.3 is 10.4 Å². The van der Waals surface area contributed by atoms with Gasteiger partial charge >= 0.3 is 0 Å². The zero-order valence-electron chi connectivity index (χ0n) is 24.8. The lowest BCUT2D eigenvalue weighted by atomic mass is 9.98. The Hall–Kier alpha value is -4.94. The van der Waals surface area contributed by atoms with Crippen LogP contribution in [0.1, 0.15) is 26.3 Å². The lowest BCUT2D eigenvalue weighted by Crippen LogP contribution is -2.32. The van der Waals surface area contributed by atoms with E-state index in [9.17, 15) is 13.5 Å². The number of nitrogens with one attached hydrogen (secondary N) is 1. The minimum atomic E-state index is -3.85. The van der Waals surface area contributed by atoms with Crippen molar-refractivity contribution in [3.8, 4) is 11.3 Å². The second kappa shape index (κ2) is 11.3. The molecule has 224 valence electrons. The summed E-state index contributed by atoms with van der Waals surface area (Å²) in [6.07, 6.45) is 8.41. The predicted molar refractivity (Wildman–Crippen MR) is 171 cm³/mol. The Morgan fingerprint density at radius 1 is 0.932 bits per heavy atom. The fourth-order valence-corrected chi connectivity index (χ4v) is 6.60. The summed E-state index contributed by atoms with van der Waals surface area (Å²) in [5.74, 6) is 0.714. The average Bonchev–Trinajstić information content (AvgIpc) is 3.40. The number of fused-ring (bicyclic) bond motifs is 2. The monoisotopic (exact) mass is 608 g/mol. The van der Waals surface area contributed by atoms with Crippen LogP contribution < -0.4 is 9.62 Å². The van der Waals surface area contributed by atoms with Crippen molar-refractivity contribution >= 4 is 49.2 Å². The molecular weight excluding hydrogens is 576 g/mol. The Labute approximate surface area is 255 Å². The molecule has 6 aromatic rings. The van der Waals surface area contributed by atoms with Crippen LogP contribution in [0.25, 0.3) is 32.9 Å². The van der Waals surface area contributed by atoms with Crippen LogP contribution in [0, 0.1) is 6.92 Å². The number of anilines is 3. The van der Waals surface area contributed by atoms with Crippen molar-refractivity contribution in [1.82, 2.24) is 29.7 Å². The smallest absolute Gasteiger partial charge is 0.266 e. The van der Waals surface area contributed by atoms with Gasteiger partial charge in [-0.3, -0.25) is 9.67 Å². The van der Waals surface area contributed by atoms with Crippen molar-refractivity contribution in [3.63, 3.8) is 0 Å². The molecule has 4 aromatic heterocycles. The number of aliphatic hydroxyl groups is 1. The fraction of sp³-hybridized carbons (Fsp3) is 0.219. The maximum absolute atomic E-state index is 13.3. The number of aromatic nitrogens is 6.